The Kier molecular flexibility index (Phi) is 6.12. The van der Waals surface area contributed by atoms with E-state index in [9.17, 15) is 23.3 Å². The van der Waals surface area contributed by atoms with Gasteiger partial charge in [-0.3, -0.25) is 14.9 Å². The van der Waals surface area contributed by atoms with Crippen LogP contribution < -0.4 is 5.32 Å². The average Bonchev–Trinajstić information content (AvgIpc) is 2.54. The summed E-state index contributed by atoms with van der Waals surface area (Å²) in [6, 6.07) is 4.15. The van der Waals surface area contributed by atoms with Gasteiger partial charge in [0.15, 0.2) is 0 Å². The number of carbonyl (C=O) groups excluding carboxylic acids is 1. The van der Waals surface area contributed by atoms with Crippen LogP contribution in [0.5, 0.6) is 0 Å². The number of benzene rings is 1. The third-order valence-electron chi connectivity index (χ3n) is 4.30. The van der Waals surface area contributed by atoms with Crippen molar-refractivity contribution in [1.82, 2.24) is 9.62 Å². The first-order chi connectivity index (χ1) is 11.7. The standard InChI is InChI=1S/C16H23N3O5S/c1-3-10-25(23,24)18-8-6-14(7-9-18)17-16(20)13-4-5-15(19(21)22)12(2)11-13/h4-5,11,14H,3,6-10H2,1-2H3,(H,17,20). The Balaban J connectivity index is 1.95. The summed E-state index contributed by atoms with van der Waals surface area (Å²) in [4.78, 5) is 22.7. The third kappa shape index (κ3) is 4.76. The molecule has 1 aliphatic heterocycles. The minimum atomic E-state index is -3.20. The number of hydrogen-bond donors (Lipinski definition) is 1. The monoisotopic (exact) mass is 369 g/mol. The van der Waals surface area contributed by atoms with Gasteiger partial charge in [-0.25, -0.2) is 12.7 Å². The lowest BCUT2D eigenvalue weighted by Crippen LogP contribution is -2.47. The van der Waals surface area contributed by atoms with Gasteiger partial charge in [0.2, 0.25) is 10.0 Å². The van der Waals surface area contributed by atoms with Gasteiger partial charge in [-0.2, -0.15) is 0 Å². The van der Waals surface area contributed by atoms with Gasteiger partial charge in [0.05, 0.1) is 10.7 Å². The summed E-state index contributed by atoms with van der Waals surface area (Å²) in [5, 5.41) is 13.7. The normalized spacial score (nSPS) is 16.6. The van der Waals surface area contributed by atoms with Crippen molar-refractivity contribution in [2.24, 2.45) is 0 Å². The molecule has 0 bridgehead atoms. The first kappa shape index (κ1) is 19.3. The van der Waals surface area contributed by atoms with Crippen LogP contribution in [0, 0.1) is 17.0 Å². The molecule has 2 rings (SSSR count). The third-order valence-corrected chi connectivity index (χ3v) is 6.38. The molecule has 1 amide bonds. The lowest BCUT2D eigenvalue weighted by Gasteiger charge is -2.31. The predicted octanol–water partition coefficient (Wildman–Crippen LogP) is 1.84. The van der Waals surface area contributed by atoms with E-state index in [1.54, 1.807) is 6.92 Å². The fourth-order valence-corrected chi connectivity index (χ4v) is 4.48. The van der Waals surface area contributed by atoms with Crippen LogP contribution in [0.2, 0.25) is 0 Å². The largest absolute Gasteiger partial charge is 0.349 e. The number of nitrogens with one attached hydrogen (secondary N) is 1. The highest BCUT2D eigenvalue weighted by Crippen LogP contribution is 2.20. The van der Waals surface area contributed by atoms with Crippen molar-refractivity contribution in [3.8, 4) is 0 Å². The lowest BCUT2D eigenvalue weighted by molar-refractivity contribution is -0.385. The van der Waals surface area contributed by atoms with E-state index in [0.29, 0.717) is 43.5 Å². The molecule has 0 saturated carbocycles. The summed E-state index contributed by atoms with van der Waals surface area (Å²) in [6.07, 6.45) is 1.69. The molecule has 0 spiro atoms. The average molecular weight is 369 g/mol. The van der Waals surface area contributed by atoms with Gasteiger partial charge in [-0.15, -0.1) is 0 Å². The van der Waals surface area contributed by atoms with Gasteiger partial charge >= 0.3 is 0 Å². The van der Waals surface area contributed by atoms with Gasteiger partial charge in [0.25, 0.3) is 11.6 Å². The molecule has 0 aromatic heterocycles. The van der Waals surface area contributed by atoms with Crippen molar-refractivity contribution in [2.45, 2.75) is 39.2 Å². The van der Waals surface area contributed by atoms with Crippen LogP contribution in [0.1, 0.15) is 42.1 Å². The van der Waals surface area contributed by atoms with E-state index in [1.165, 1.54) is 22.5 Å². The van der Waals surface area contributed by atoms with E-state index in [1.807, 2.05) is 6.92 Å². The second-order valence-electron chi connectivity index (χ2n) is 6.22. The summed E-state index contributed by atoms with van der Waals surface area (Å²) in [6.45, 7) is 4.21. The van der Waals surface area contributed by atoms with Crippen LogP contribution in [-0.4, -0.2) is 48.4 Å². The second kappa shape index (κ2) is 7.92. The van der Waals surface area contributed by atoms with Crippen molar-refractivity contribution in [2.75, 3.05) is 18.8 Å². The molecule has 0 unspecified atom stereocenters. The van der Waals surface area contributed by atoms with E-state index in [4.69, 9.17) is 0 Å². The zero-order valence-electron chi connectivity index (χ0n) is 14.4. The molecular weight excluding hydrogens is 346 g/mol. The first-order valence-corrected chi connectivity index (χ1v) is 9.89. The van der Waals surface area contributed by atoms with E-state index >= 15 is 0 Å². The lowest BCUT2D eigenvalue weighted by atomic mass is 10.0. The maximum atomic E-state index is 12.3. The quantitative estimate of drug-likeness (QED) is 0.608. The van der Waals surface area contributed by atoms with Crippen molar-refractivity contribution in [3.63, 3.8) is 0 Å². The first-order valence-electron chi connectivity index (χ1n) is 8.28. The molecule has 1 fully saturated rings. The zero-order chi connectivity index (χ0) is 18.6. The molecule has 9 heteroatoms. The fraction of sp³-hybridized carbons (Fsp3) is 0.562. The minimum absolute atomic E-state index is 0.0222. The molecule has 1 heterocycles. The molecule has 1 aliphatic rings. The molecule has 0 radical (unpaired) electrons. The summed E-state index contributed by atoms with van der Waals surface area (Å²) >= 11 is 0. The molecule has 8 nitrogen and oxygen atoms in total. The molecule has 1 saturated heterocycles. The highest BCUT2D eigenvalue weighted by atomic mass is 32.2. The molecule has 1 aromatic rings. The Morgan fingerprint density at radius 2 is 2.00 bits per heavy atom. The van der Waals surface area contributed by atoms with Gasteiger partial charge in [-0.1, -0.05) is 6.92 Å². The van der Waals surface area contributed by atoms with Crippen molar-refractivity contribution < 1.29 is 18.1 Å². The van der Waals surface area contributed by atoms with E-state index in [0.717, 1.165) is 0 Å². The summed E-state index contributed by atoms with van der Waals surface area (Å²) in [7, 11) is -3.20. The predicted molar refractivity (Wildman–Crippen MR) is 94.0 cm³/mol. The number of hydrogen-bond acceptors (Lipinski definition) is 5. The maximum Gasteiger partial charge on any atom is 0.272 e. The van der Waals surface area contributed by atoms with Crippen molar-refractivity contribution in [3.05, 3.63) is 39.4 Å². The SMILES string of the molecule is CCCS(=O)(=O)N1CCC(NC(=O)c2ccc([N+](=O)[O-])c(C)c2)CC1. The van der Waals surface area contributed by atoms with Crippen LogP contribution >= 0.6 is 0 Å². The van der Waals surface area contributed by atoms with Gasteiger partial charge < -0.3 is 5.32 Å². The molecule has 0 aliphatic carbocycles. The van der Waals surface area contributed by atoms with Crippen LogP contribution in [0.3, 0.4) is 0 Å². The molecular formula is C16H23N3O5S. The number of rotatable bonds is 6. The maximum absolute atomic E-state index is 12.3. The molecule has 1 aromatic carbocycles. The number of nitro benzene ring substituents is 1. The van der Waals surface area contributed by atoms with Crippen LogP contribution in [0.25, 0.3) is 0 Å². The number of amides is 1. The second-order valence-corrected chi connectivity index (χ2v) is 8.31. The van der Waals surface area contributed by atoms with Gasteiger partial charge in [0.1, 0.15) is 0 Å². The van der Waals surface area contributed by atoms with Gasteiger partial charge in [0, 0.05) is 36.3 Å². The smallest absolute Gasteiger partial charge is 0.272 e. The van der Waals surface area contributed by atoms with Gasteiger partial charge in [-0.05, 0) is 38.3 Å². The number of aryl methyl sites for hydroxylation is 1. The number of carbonyl (C=O) groups is 1. The Hall–Kier alpha value is -2.00. The Morgan fingerprint density at radius 1 is 1.36 bits per heavy atom. The van der Waals surface area contributed by atoms with Crippen molar-refractivity contribution >= 4 is 21.6 Å². The highest BCUT2D eigenvalue weighted by Gasteiger charge is 2.28. The zero-order valence-corrected chi connectivity index (χ0v) is 15.2. The van der Waals surface area contributed by atoms with Crippen LogP contribution in [-0.2, 0) is 10.0 Å². The molecule has 0 atom stereocenters. The Bertz CT molecular complexity index is 755. The fourth-order valence-electron chi connectivity index (χ4n) is 2.94. The summed E-state index contributed by atoms with van der Waals surface area (Å²) in [5.74, 6) is -0.153. The topological polar surface area (TPSA) is 110 Å². The number of sulfonamides is 1. The molecule has 138 valence electrons. The molecule has 1 N–H and O–H groups in total. The van der Waals surface area contributed by atoms with E-state index in [2.05, 4.69) is 5.32 Å². The Morgan fingerprint density at radius 3 is 2.52 bits per heavy atom. The highest BCUT2D eigenvalue weighted by molar-refractivity contribution is 7.89. The van der Waals surface area contributed by atoms with E-state index in [-0.39, 0.29) is 23.4 Å². The summed E-state index contributed by atoms with van der Waals surface area (Å²) < 4.78 is 25.6. The summed E-state index contributed by atoms with van der Waals surface area (Å²) in [5.41, 5.74) is 0.772. The Labute approximate surface area is 147 Å². The molecule has 25 heavy (non-hydrogen) atoms. The van der Waals surface area contributed by atoms with E-state index < -0.39 is 14.9 Å². The minimum Gasteiger partial charge on any atom is -0.349 e. The number of nitrogens with zero attached hydrogens (tertiary/aromatic N) is 2. The number of nitro groups is 1. The number of piperidine rings is 1. The van der Waals surface area contributed by atoms with Crippen LogP contribution in [0.4, 0.5) is 5.69 Å². The van der Waals surface area contributed by atoms with Crippen LogP contribution in [0.15, 0.2) is 18.2 Å². The van der Waals surface area contributed by atoms with Crippen molar-refractivity contribution in [1.29, 1.82) is 0 Å².